The number of amides is 4. The molecule has 1 N–H and O–H groups in total. The van der Waals surface area contributed by atoms with Gasteiger partial charge < -0.3 is 14.5 Å². The third-order valence-corrected chi connectivity index (χ3v) is 13.2. The summed E-state index contributed by atoms with van der Waals surface area (Å²) in [6.45, 7) is 7.69. The van der Waals surface area contributed by atoms with Crippen LogP contribution < -0.4 is 35.3 Å². The molecule has 3 saturated heterocycles. The molecule has 3 aliphatic rings. The molecule has 10 rings (SSSR count). The van der Waals surface area contributed by atoms with Crippen molar-refractivity contribution in [1.82, 2.24) is 39.4 Å². The number of hydrogen-bond acceptors (Lipinski definition) is 11. The standard InChI is InChI=1S/C49H50N12O5/c1-6-36-38(19-21-51-45(36)60-25-24-59(49(60)65)35-8-7-20-50-28-35)37-15-14-34(61-47(66-5)54-56(4)48(61)64)26-41(37)31-9-11-32(12-10-31)58-23-22-57(29-30(58)2)33-13-16-39-42(27-33)55(3)53-44(39)40-17-18-43(62)52-46(40)63/h7-16,19-21,26-28,30,40H,6,17-18,22-25,29H2,1-5H3,(H,52,62,63)/t30-,40?/m1/s1. The maximum absolute atomic E-state index is 13.9. The smallest absolute Gasteiger partial charge is 0.353 e. The predicted octanol–water partition coefficient (Wildman–Crippen LogP) is 5.83. The summed E-state index contributed by atoms with van der Waals surface area (Å²) < 4.78 is 10.1. The molecule has 3 aliphatic heterocycles. The molecule has 0 radical (unpaired) electrons. The number of piperazine rings is 1. The first-order chi connectivity index (χ1) is 32.0. The molecule has 2 atom stereocenters. The number of nitrogens with one attached hydrogen (secondary N) is 1. The number of ether oxygens (including phenoxy) is 1. The van der Waals surface area contributed by atoms with E-state index in [2.05, 4.69) is 81.5 Å². The van der Waals surface area contributed by atoms with Crippen LogP contribution in [0.15, 0.2) is 102 Å². The lowest BCUT2D eigenvalue weighted by Gasteiger charge is -2.42. The van der Waals surface area contributed by atoms with Crippen LogP contribution in [0.25, 0.3) is 38.8 Å². The van der Waals surface area contributed by atoms with Crippen molar-refractivity contribution < 1.29 is 19.1 Å². The number of carbonyl (C=O) groups excluding carboxylic acids is 3. The number of fused-ring (bicyclic) bond motifs is 1. The summed E-state index contributed by atoms with van der Waals surface area (Å²) in [6.07, 6.45) is 6.52. The molecule has 3 aromatic carbocycles. The van der Waals surface area contributed by atoms with Gasteiger partial charge >= 0.3 is 17.7 Å². The summed E-state index contributed by atoms with van der Waals surface area (Å²) in [7, 11) is 4.98. The van der Waals surface area contributed by atoms with Gasteiger partial charge in [-0.3, -0.25) is 34.4 Å². The Hall–Kier alpha value is -7.82. The normalized spacial score (nSPS) is 17.9. The van der Waals surface area contributed by atoms with Gasteiger partial charge in [0.1, 0.15) is 5.82 Å². The van der Waals surface area contributed by atoms with Crippen molar-refractivity contribution in [2.24, 2.45) is 14.1 Å². The number of aromatic nitrogens is 7. The average molecular weight is 887 g/mol. The topological polar surface area (TPSA) is 169 Å². The van der Waals surface area contributed by atoms with E-state index in [-0.39, 0.29) is 35.6 Å². The molecule has 4 aromatic heterocycles. The second-order valence-corrected chi connectivity index (χ2v) is 17.0. The Morgan fingerprint density at radius 2 is 1.56 bits per heavy atom. The zero-order valence-electron chi connectivity index (χ0n) is 37.5. The predicted molar refractivity (Wildman–Crippen MR) is 253 cm³/mol. The highest BCUT2D eigenvalue weighted by molar-refractivity contribution is 6.06. The Morgan fingerprint density at radius 1 is 0.773 bits per heavy atom. The number of imide groups is 1. The highest BCUT2D eigenvalue weighted by atomic mass is 16.5. The lowest BCUT2D eigenvalue weighted by molar-refractivity contribution is -0.134. The third-order valence-electron chi connectivity index (χ3n) is 13.2. The number of carbonyl (C=O) groups is 3. The van der Waals surface area contributed by atoms with E-state index in [1.165, 1.54) is 16.4 Å². The fourth-order valence-corrected chi connectivity index (χ4v) is 9.83. The van der Waals surface area contributed by atoms with Gasteiger partial charge in [0.15, 0.2) is 0 Å². The number of benzene rings is 3. The number of pyridine rings is 2. The first-order valence-corrected chi connectivity index (χ1v) is 22.3. The second-order valence-electron chi connectivity index (χ2n) is 17.0. The van der Waals surface area contributed by atoms with Crippen LogP contribution in [-0.2, 0) is 30.1 Å². The lowest BCUT2D eigenvalue weighted by atomic mass is 9.90. The van der Waals surface area contributed by atoms with E-state index in [4.69, 9.17) is 14.8 Å². The summed E-state index contributed by atoms with van der Waals surface area (Å²) in [5.41, 5.74) is 9.47. The van der Waals surface area contributed by atoms with Gasteiger partial charge in [0.25, 0.3) is 0 Å². The van der Waals surface area contributed by atoms with Crippen LogP contribution in [0.2, 0.25) is 0 Å². The minimum absolute atomic E-state index is 0.151. The fourth-order valence-electron chi connectivity index (χ4n) is 9.83. The molecule has 0 spiro atoms. The third kappa shape index (κ3) is 7.29. The van der Waals surface area contributed by atoms with Crippen LogP contribution in [-0.4, -0.2) is 97.8 Å². The van der Waals surface area contributed by atoms with E-state index in [1.807, 2.05) is 48.1 Å². The molecule has 17 heteroatoms. The number of anilines is 4. The van der Waals surface area contributed by atoms with Crippen molar-refractivity contribution in [3.05, 3.63) is 119 Å². The van der Waals surface area contributed by atoms with Crippen molar-refractivity contribution in [3.63, 3.8) is 0 Å². The van der Waals surface area contributed by atoms with Crippen molar-refractivity contribution >= 4 is 51.6 Å². The average Bonchev–Trinajstić information content (AvgIpc) is 3.98. The van der Waals surface area contributed by atoms with Gasteiger partial charge in [-0.15, -0.1) is 5.10 Å². The number of rotatable bonds is 10. The molecule has 1 unspecified atom stereocenters. The number of aryl methyl sites for hydroxylation is 2. The molecule has 0 bridgehead atoms. The van der Waals surface area contributed by atoms with Crippen LogP contribution in [0, 0.1) is 0 Å². The van der Waals surface area contributed by atoms with Crippen molar-refractivity contribution in [2.75, 3.05) is 59.4 Å². The molecule has 17 nitrogen and oxygen atoms in total. The fraction of sp³-hybridized carbons (Fsp3) is 0.306. The van der Waals surface area contributed by atoms with Gasteiger partial charge in [-0.2, -0.15) is 5.10 Å². The van der Waals surface area contributed by atoms with Gasteiger partial charge in [0.2, 0.25) is 11.8 Å². The first kappa shape index (κ1) is 42.1. The van der Waals surface area contributed by atoms with E-state index in [0.29, 0.717) is 49.6 Å². The highest BCUT2D eigenvalue weighted by Crippen LogP contribution is 2.40. The quantitative estimate of drug-likeness (QED) is 0.164. The first-order valence-electron chi connectivity index (χ1n) is 22.3. The van der Waals surface area contributed by atoms with Crippen molar-refractivity contribution in [1.29, 1.82) is 0 Å². The Balaban J connectivity index is 0.949. The molecular weight excluding hydrogens is 837 g/mol. The van der Waals surface area contributed by atoms with Crippen LogP contribution in [0.4, 0.5) is 27.7 Å². The Kier molecular flexibility index (Phi) is 10.8. The molecule has 0 saturated carbocycles. The van der Waals surface area contributed by atoms with Gasteiger partial charge in [0.05, 0.1) is 41.8 Å². The van der Waals surface area contributed by atoms with Crippen LogP contribution in [0.3, 0.4) is 0 Å². The molecule has 3 fully saturated rings. The Labute approximate surface area is 380 Å². The second kappa shape index (κ2) is 17.0. The number of piperidine rings is 1. The van der Waals surface area contributed by atoms with Gasteiger partial charge in [-0.1, -0.05) is 25.1 Å². The van der Waals surface area contributed by atoms with Crippen molar-refractivity contribution in [3.8, 4) is 34.0 Å². The molecular formula is C49H50N12O5. The molecule has 0 aliphatic carbocycles. The highest BCUT2D eigenvalue weighted by Gasteiger charge is 2.35. The largest absolute Gasteiger partial charge is 0.467 e. The summed E-state index contributed by atoms with van der Waals surface area (Å²) >= 11 is 0. The minimum atomic E-state index is -0.452. The Bertz CT molecular complexity index is 3090. The van der Waals surface area contributed by atoms with E-state index in [1.54, 1.807) is 35.4 Å². The molecule has 7 aromatic rings. The van der Waals surface area contributed by atoms with E-state index >= 15 is 0 Å². The minimum Gasteiger partial charge on any atom is -0.467 e. The Morgan fingerprint density at radius 3 is 2.30 bits per heavy atom. The molecule has 336 valence electrons. The van der Waals surface area contributed by atoms with Gasteiger partial charge in [-0.05, 0) is 103 Å². The molecule has 4 amide bonds. The van der Waals surface area contributed by atoms with E-state index < -0.39 is 5.92 Å². The maximum Gasteiger partial charge on any atom is 0.353 e. The summed E-state index contributed by atoms with van der Waals surface area (Å²) in [5, 5.41) is 12.4. The summed E-state index contributed by atoms with van der Waals surface area (Å²) in [5.74, 6) is -0.361. The van der Waals surface area contributed by atoms with Crippen molar-refractivity contribution in [2.45, 2.75) is 45.1 Å². The van der Waals surface area contributed by atoms with Gasteiger partial charge in [-0.25, -0.2) is 23.8 Å². The monoisotopic (exact) mass is 886 g/mol. The van der Waals surface area contributed by atoms with Crippen LogP contribution in [0.5, 0.6) is 6.01 Å². The molecule has 7 heterocycles. The van der Waals surface area contributed by atoms with Crippen LogP contribution in [0.1, 0.15) is 43.9 Å². The SMILES string of the molecule is CCc1c(-c2ccc(-n3c(OC)nn(C)c3=O)cc2-c2ccc(N3CCN(c4ccc5c(C6CCC(=O)NC6=O)nn(C)c5c4)C[C@H]3C)cc2)ccnc1N1CCN(c2cccnc2)C1=O. The molecule has 66 heavy (non-hydrogen) atoms. The summed E-state index contributed by atoms with van der Waals surface area (Å²) in [4.78, 5) is 69.2. The number of hydrogen-bond donors (Lipinski definition) is 1. The van der Waals surface area contributed by atoms with E-state index in [0.717, 1.165) is 75.4 Å². The number of methoxy groups -OCH3 is 1. The zero-order chi connectivity index (χ0) is 45.8. The van der Waals surface area contributed by atoms with Crippen LogP contribution >= 0.6 is 0 Å². The van der Waals surface area contributed by atoms with E-state index in [9.17, 15) is 19.2 Å². The lowest BCUT2D eigenvalue weighted by Crippen LogP contribution is -2.52. The number of urea groups is 1. The zero-order valence-corrected chi connectivity index (χ0v) is 37.5. The number of nitrogens with zero attached hydrogens (tertiary/aromatic N) is 11. The summed E-state index contributed by atoms with van der Waals surface area (Å²) in [6, 6.07) is 26.7. The maximum atomic E-state index is 13.9. The van der Waals surface area contributed by atoms with Gasteiger partial charge in [0, 0.05) is 94.0 Å².